The Morgan fingerprint density at radius 2 is 1.78 bits per heavy atom. The lowest BCUT2D eigenvalue weighted by molar-refractivity contribution is -0.136. The number of amides is 1. The molecule has 1 saturated heterocycles. The van der Waals surface area contributed by atoms with Gasteiger partial charge in [-0.05, 0) is 50.2 Å². The number of hydrogen-bond acceptors (Lipinski definition) is 7. The van der Waals surface area contributed by atoms with E-state index in [4.69, 9.17) is 15.1 Å². The van der Waals surface area contributed by atoms with Crippen molar-refractivity contribution in [3.8, 4) is 11.3 Å². The zero-order valence-corrected chi connectivity index (χ0v) is 18.5. The van der Waals surface area contributed by atoms with Gasteiger partial charge in [0.2, 0.25) is 5.91 Å². The second kappa shape index (κ2) is 7.56. The summed E-state index contributed by atoms with van der Waals surface area (Å²) in [6.07, 6.45) is 1.87. The van der Waals surface area contributed by atoms with Gasteiger partial charge >= 0.3 is 0 Å². The van der Waals surface area contributed by atoms with Crippen molar-refractivity contribution >= 4 is 33.7 Å². The van der Waals surface area contributed by atoms with Gasteiger partial charge in [-0.3, -0.25) is 9.78 Å². The molecule has 0 atom stereocenters. The van der Waals surface area contributed by atoms with Crippen molar-refractivity contribution in [1.82, 2.24) is 19.9 Å². The second-order valence-corrected chi connectivity index (χ2v) is 8.84. The molecule has 0 radical (unpaired) electrons. The van der Waals surface area contributed by atoms with E-state index in [1.54, 1.807) is 13.8 Å². The molecule has 0 spiro atoms. The van der Waals surface area contributed by atoms with Gasteiger partial charge in [0.05, 0.1) is 34.2 Å². The molecule has 164 valence electrons. The largest absolute Gasteiger partial charge is 0.441 e. The predicted octanol–water partition coefficient (Wildman–Crippen LogP) is 3.13. The van der Waals surface area contributed by atoms with Crippen LogP contribution in [0.3, 0.4) is 0 Å². The van der Waals surface area contributed by atoms with Gasteiger partial charge in [0, 0.05) is 38.7 Å². The average molecular weight is 431 g/mol. The van der Waals surface area contributed by atoms with Gasteiger partial charge in [0.25, 0.3) is 0 Å². The molecular formula is C24H26N6O2. The number of piperazine rings is 1. The minimum Gasteiger partial charge on any atom is -0.441 e. The molecule has 4 aromatic rings. The fourth-order valence-corrected chi connectivity index (χ4v) is 4.11. The third kappa shape index (κ3) is 3.78. The van der Waals surface area contributed by atoms with Crippen LogP contribution in [0.1, 0.15) is 19.7 Å². The quantitative estimate of drug-likeness (QED) is 0.533. The van der Waals surface area contributed by atoms with Gasteiger partial charge in [-0.1, -0.05) is 0 Å². The van der Waals surface area contributed by atoms with E-state index >= 15 is 0 Å². The molecule has 8 heteroatoms. The summed E-state index contributed by atoms with van der Waals surface area (Å²) in [6.45, 7) is 8.09. The van der Waals surface area contributed by atoms with Crippen molar-refractivity contribution in [2.75, 3.05) is 31.1 Å². The van der Waals surface area contributed by atoms with Crippen molar-refractivity contribution < 1.29 is 9.21 Å². The zero-order chi connectivity index (χ0) is 22.5. The summed E-state index contributed by atoms with van der Waals surface area (Å²) < 4.78 is 5.57. The fraction of sp³-hybridized carbons (Fsp3) is 0.333. The van der Waals surface area contributed by atoms with E-state index < -0.39 is 5.54 Å². The van der Waals surface area contributed by atoms with E-state index in [0.717, 1.165) is 52.2 Å². The number of anilines is 1. The molecule has 3 aromatic heterocycles. The third-order valence-electron chi connectivity index (χ3n) is 5.80. The highest BCUT2D eigenvalue weighted by molar-refractivity contribution is 5.86. The van der Waals surface area contributed by atoms with Crippen LogP contribution in [0, 0.1) is 6.92 Å². The minimum absolute atomic E-state index is 0.0145. The van der Waals surface area contributed by atoms with Crippen LogP contribution in [-0.4, -0.2) is 57.5 Å². The first kappa shape index (κ1) is 20.4. The molecule has 1 aliphatic rings. The number of fused-ring (bicyclic) bond motifs is 2. The second-order valence-electron chi connectivity index (χ2n) is 8.84. The number of carbonyl (C=O) groups excluding carboxylic acids is 1. The standard InChI is InChI=1S/C24H26N6O2/c1-15-27-21-12-16(4-7-22(21)32-15)18-5-6-19-20(28-18)13-17(14-26-19)29-8-10-30(11-9-29)23(31)24(2,3)25/h4-7,12-14H,8-11,25H2,1-3H3. The Bertz CT molecular complexity index is 1320. The summed E-state index contributed by atoms with van der Waals surface area (Å²) in [6, 6.07) is 11.9. The van der Waals surface area contributed by atoms with Crippen LogP contribution in [0.2, 0.25) is 0 Å². The number of carbonyl (C=O) groups is 1. The van der Waals surface area contributed by atoms with Crippen molar-refractivity contribution in [2.45, 2.75) is 26.3 Å². The lowest BCUT2D eigenvalue weighted by Crippen LogP contribution is -2.57. The maximum atomic E-state index is 12.4. The first-order valence-electron chi connectivity index (χ1n) is 10.8. The molecule has 1 fully saturated rings. The summed E-state index contributed by atoms with van der Waals surface area (Å²) in [7, 11) is 0. The Morgan fingerprint density at radius 3 is 2.53 bits per heavy atom. The molecule has 5 rings (SSSR count). The summed E-state index contributed by atoms with van der Waals surface area (Å²) >= 11 is 0. The van der Waals surface area contributed by atoms with Gasteiger partial charge in [0.15, 0.2) is 11.5 Å². The van der Waals surface area contributed by atoms with E-state index in [0.29, 0.717) is 19.0 Å². The van der Waals surface area contributed by atoms with E-state index in [1.165, 1.54) is 0 Å². The maximum Gasteiger partial charge on any atom is 0.242 e. The van der Waals surface area contributed by atoms with Gasteiger partial charge < -0.3 is 20.0 Å². The van der Waals surface area contributed by atoms with Crippen molar-refractivity contribution in [3.63, 3.8) is 0 Å². The number of nitrogens with zero attached hydrogens (tertiary/aromatic N) is 5. The Hall–Kier alpha value is -3.52. The Kier molecular flexibility index (Phi) is 4.82. The third-order valence-corrected chi connectivity index (χ3v) is 5.80. The predicted molar refractivity (Wildman–Crippen MR) is 124 cm³/mol. The number of rotatable bonds is 3. The molecule has 1 aromatic carbocycles. The molecule has 0 unspecified atom stereocenters. The molecule has 8 nitrogen and oxygen atoms in total. The van der Waals surface area contributed by atoms with Gasteiger partial charge in [-0.15, -0.1) is 0 Å². The number of benzene rings is 1. The van der Waals surface area contributed by atoms with Crippen molar-refractivity contribution in [1.29, 1.82) is 0 Å². The van der Waals surface area contributed by atoms with Crippen LogP contribution >= 0.6 is 0 Å². The highest BCUT2D eigenvalue weighted by Gasteiger charge is 2.30. The van der Waals surface area contributed by atoms with E-state index in [9.17, 15) is 4.79 Å². The van der Waals surface area contributed by atoms with Crippen LogP contribution in [0.25, 0.3) is 33.4 Å². The Balaban J connectivity index is 1.39. The summed E-state index contributed by atoms with van der Waals surface area (Å²) in [5, 5.41) is 0. The molecule has 1 aliphatic heterocycles. The van der Waals surface area contributed by atoms with E-state index in [1.807, 2.05) is 48.4 Å². The molecular weight excluding hydrogens is 404 g/mol. The smallest absolute Gasteiger partial charge is 0.242 e. The first-order chi connectivity index (χ1) is 15.3. The van der Waals surface area contributed by atoms with Crippen LogP contribution in [-0.2, 0) is 4.79 Å². The highest BCUT2D eigenvalue weighted by atomic mass is 16.3. The van der Waals surface area contributed by atoms with Crippen LogP contribution in [0.15, 0.2) is 47.0 Å². The molecule has 0 aliphatic carbocycles. The molecule has 4 heterocycles. The number of aryl methyl sites for hydroxylation is 1. The summed E-state index contributed by atoms with van der Waals surface area (Å²) in [5.41, 5.74) is 11.2. The average Bonchev–Trinajstić information content (AvgIpc) is 3.16. The number of pyridine rings is 2. The van der Waals surface area contributed by atoms with Crippen molar-refractivity contribution in [3.05, 3.63) is 48.5 Å². The zero-order valence-electron chi connectivity index (χ0n) is 18.5. The van der Waals surface area contributed by atoms with Crippen LogP contribution in [0.4, 0.5) is 5.69 Å². The van der Waals surface area contributed by atoms with E-state index in [-0.39, 0.29) is 5.91 Å². The lowest BCUT2D eigenvalue weighted by Gasteiger charge is -2.38. The van der Waals surface area contributed by atoms with E-state index in [2.05, 4.69) is 20.9 Å². The maximum absolute atomic E-state index is 12.4. The normalized spacial score (nSPS) is 15.0. The Morgan fingerprint density at radius 1 is 1.00 bits per heavy atom. The Labute approximate surface area is 186 Å². The van der Waals surface area contributed by atoms with Gasteiger partial charge in [-0.25, -0.2) is 9.97 Å². The topological polar surface area (TPSA) is 101 Å². The van der Waals surface area contributed by atoms with Gasteiger partial charge in [-0.2, -0.15) is 0 Å². The monoisotopic (exact) mass is 430 g/mol. The highest BCUT2D eigenvalue weighted by Crippen LogP contribution is 2.27. The number of aromatic nitrogens is 3. The van der Waals surface area contributed by atoms with Gasteiger partial charge in [0.1, 0.15) is 5.52 Å². The number of nitrogens with two attached hydrogens (primary N) is 1. The number of oxazole rings is 1. The molecule has 1 amide bonds. The minimum atomic E-state index is -0.847. The van der Waals surface area contributed by atoms with Crippen LogP contribution in [0.5, 0.6) is 0 Å². The molecule has 0 bridgehead atoms. The molecule has 0 saturated carbocycles. The van der Waals surface area contributed by atoms with Crippen molar-refractivity contribution in [2.24, 2.45) is 5.73 Å². The SMILES string of the molecule is Cc1nc2cc(-c3ccc4ncc(N5CCN(C(=O)C(C)(C)N)CC5)cc4n3)ccc2o1. The summed E-state index contributed by atoms with van der Waals surface area (Å²) in [5.74, 6) is 0.633. The lowest BCUT2D eigenvalue weighted by atomic mass is 10.0. The fourth-order valence-electron chi connectivity index (χ4n) is 4.11. The number of hydrogen-bond donors (Lipinski definition) is 1. The molecule has 2 N–H and O–H groups in total. The molecule has 32 heavy (non-hydrogen) atoms. The summed E-state index contributed by atoms with van der Waals surface area (Å²) in [4.78, 5) is 30.4. The van der Waals surface area contributed by atoms with Crippen LogP contribution < -0.4 is 10.6 Å². The first-order valence-corrected chi connectivity index (χ1v) is 10.8.